The number of nitrogens with zero attached hydrogens (tertiary/aromatic N) is 2. The van der Waals surface area contributed by atoms with E-state index in [0.717, 1.165) is 0 Å². The van der Waals surface area contributed by atoms with Crippen LogP contribution in [-0.4, -0.2) is 26.8 Å². The van der Waals surface area contributed by atoms with Crippen molar-refractivity contribution in [1.29, 1.82) is 0 Å². The average Bonchev–Trinajstić information content (AvgIpc) is 2.23. The molecule has 0 bridgehead atoms. The highest BCUT2D eigenvalue weighted by Gasteiger charge is 2.34. The van der Waals surface area contributed by atoms with Crippen LogP contribution in [0.2, 0.25) is 0 Å². The van der Waals surface area contributed by atoms with Gasteiger partial charge in [-0.3, -0.25) is 25.0 Å². The zero-order valence-corrected chi connectivity index (χ0v) is 11.5. The van der Waals surface area contributed by atoms with Crippen LogP contribution in [0.4, 0.5) is 0 Å². The number of hydrogen-bond acceptors (Lipinski definition) is 5. The average molecular weight is 273 g/mol. The van der Waals surface area contributed by atoms with Crippen LogP contribution in [-0.2, 0) is 4.79 Å². The van der Waals surface area contributed by atoms with E-state index in [0.29, 0.717) is 0 Å². The maximum Gasteiger partial charge on any atom is 0.244 e. The highest BCUT2D eigenvalue weighted by molar-refractivity contribution is 5.92. The largest absolute Gasteiger partial charge is 0.366 e. The Hall–Kier alpha value is -1.99. The van der Waals surface area contributed by atoms with Crippen molar-refractivity contribution in [2.75, 3.05) is 0 Å². The lowest BCUT2D eigenvalue weighted by atomic mass is 9.92. The summed E-state index contributed by atoms with van der Waals surface area (Å²) in [6.07, 6.45) is 1.13. The van der Waals surface area contributed by atoms with Crippen LogP contribution in [0.5, 0.6) is 0 Å². The Balaban J connectivity index is 5.10. The third kappa shape index (κ3) is 5.02. The molecular formula is C11H19N3O5. The zero-order chi connectivity index (χ0) is 15.4. The maximum absolute atomic E-state index is 11.2. The van der Waals surface area contributed by atoms with Crippen LogP contribution in [0.15, 0.2) is 11.6 Å². The van der Waals surface area contributed by atoms with E-state index in [1.54, 1.807) is 0 Å². The highest BCUT2D eigenvalue weighted by atomic mass is 16.6. The second-order valence-corrected chi connectivity index (χ2v) is 5.61. The first kappa shape index (κ1) is 17.0. The molecule has 19 heavy (non-hydrogen) atoms. The normalized spacial score (nSPS) is 13.2. The van der Waals surface area contributed by atoms with Crippen LogP contribution in [0.1, 0.15) is 40.5 Å². The Morgan fingerprint density at radius 1 is 1.11 bits per heavy atom. The molecule has 0 radical (unpaired) electrons. The number of carbonyl (C=O) groups excluding carboxylic acids is 1. The van der Waals surface area contributed by atoms with Crippen LogP contribution in [0.25, 0.3) is 0 Å². The lowest BCUT2D eigenvalue weighted by Gasteiger charge is -2.17. The van der Waals surface area contributed by atoms with Gasteiger partial charge in [0.05, 0.1) is 0 Å². The van der Waals surface area contributed by atoms with Gasteiger partial charge in [0.2, 0.25) is 17.0 Å². The molecule has 8 nitrogen and oxygen atoms in total. The molecule has 0 rings (SSSR count). The smallest absolute Gasteiger partial charge is 0.244 e. The number of amides is 1. The van der Waals surface area contributed by atoms with Crippen molar-refractivity contribution in [3.05, 3.63) is 31.9 Å². The minimum Gasteiger partial charge on any atom is -0.366 e. The number of rotatable bonds is 7. The van der Waals surface area contributed by atoms with E-state index in [2.05, 4.69) is 0 Å². The molecule has 0 aliphatic carbocycles. The third-order valence-electron chi connectivity index (χ3n) is 2.78. The first-order valence-corrected chi connectivity index (χ1v) is 5.68. The van der Waals surface area contributed by atoms with Gasteiger partial charge in [-0.15, -0.1) is 0 Å². The summed E-state index contributed by atoms with van der Waals surface area (Å²) in [7, 11) is 0. The molecule has 0 atom stereocenters. The molecule has 0 aromatic heterocycles. The van der Waals surface area contributed by atoms with Gasteiger partial charge >= 0.3 is 0 Å². The summed E-state index contributed by atoms with van der Waals surface area (Å²) in [5.41, 5.74) is 2.59. The molecule has 0 aromatic carbocycles. The van der Waals surface area contributed by atoms with Gasteiger partial charge in [0.15, 0.2) is 0 Å². The van der Waals surface area contributed by atoms with Crippen molar-refractivity contribution >= 4 is 5.91 Å². The second-order valence-electron chi connectivity index (χ2n) is 5.61. The number of nitro groups is 2. The minimum absolute atomic E-state index is 0.0218. The van der Waals surface area contributed by atoms with Crippen molar-refractivity contribution < 1.29 is 14.6 Å². The molecule has 0 aromatic rings. The molecule has 1 amide bonds. The molecule has 0 aliphatic rings. The molecule has 0 fully saturated rings. The summed E-state index contributed by atoms with van der Waals surface area (Å²) in [5, 5.41) is 21.6. The van der Waals surface area contributed by atoms with Crippen molar-refractivity contribution in [2.45, 2.75) is 51.6 Å². The Bertz CT molecular complexity index is 426. The summed E-state index contributed by atoms with van der Waals surface area (Å²) in [5.74, 6) is -0.797. The van der Waals surface area contributed by atoms with Gasteiger partial charge in [0.1, 0.15) is 0 Å². The van der Waals surface area contributed by atoms with Crippen LogP contribution < -0.4 is 5.73 Å². The predicted molar refractivity (Wildman–Crippen MR) is 68.7 cm³/mol. The summed E-state index contributed by atoms with van der Waals surface area (Å²) in [6, 6.07) is 0. The molecule has 0 spiro atoms. The first-order valence-electron chi connectivity index (χ1n) is 5.68. The Morgan fingerprint density at radius 2 is 1.53 bits per heavy atom. The molecule has 0 saturated heterocycles. The van der Waals surface area contributed by atoms with Crippen LogP contribution >= 0.6 is 0 Å². The molecule has 0 aliphatic heterocycles. The molecule has 0 unspecified atom stereocenters. The fourth-order valence-electron chi connectivity index (χ4n) is 1.24. The molecule has 0 saturated carbocycles. The highest BCUT2D eigenvalue weighted by Crippen LogP contribution is 2.22. The van der Waals surface area contributed by atoms with E-state index in [1.165, 1.54) is 33.8 Å². The van der Waals surface area contributed by atoms with Gasteiger partial charge in [-0.25, -0.2) is 0 Å². The first-order chi connectivity index (χ1) is 8.40. The van der Waals surface area contributed by atoms with Crippen molar-refractivity contribution in [1.82, 2.24) is 0 Å². The number of carbonyl (C=O) groups is 1. The topological polar surface area (TPSA) is 129 Å². The van der Waals surface area contributed by atoms with Gasteiger partial charge < -0.3 is 5.73 Å². The Labute approximate surface area is 111 Å². The zero-order valence-electron chi connectivity index (χ0n) is 11.5. The van der Waals surface area contributed by atoms with Crippen LogP contribution in [0, 0.1) is 20.2 Å². The SMILES string of the molecule is CC(C)(CC=C(CC(C)(C)[N+](=O)[O-])C(N)=O)[N+](=O)[O-]. The van der Waals surface area contributed by atoms with E-state index in [1.807, 2.05) is 0 Å². The summed E-state index contributed by atoms with van der Waals surface area (Å²) < 4.78 is 0. The maximum atomic E-state index is 11.2. The number of primary amides is 1. The van der Waals surface area contributed by atoms with E-state index in [-0.39, 0.29) is 18.4 Å². The van der Waals surface area contributed by atoms with E-state index >= 15 is 0 Å². The van der Waals surface area contributed by atoms with Gasteiger partial charge in [0.25, 0.3) is 0 Å². The lowest BCUT2D eigenvalue weighted by molar-refractivity contribution is -0.560. The summed E-state index contributed by atoms with van der Waals surface area (Å²) in [4.78, 5) is 31.8. The van der Waals surface area contributed by atoms with E-state index in [4.69, 9.17) is 5.73 Å². The predicted octanol–water partition coefficient (Wildman–Crippen LogP) is 1.29. The van der Waals surface area contributed by atoms with Gasteiger partial charge in [-0.1, -0.05) is 6.08 Å². The number of nitrogens with two attached hydrogens (primary N) is 1. The number of hydrogen-bond donors (Lipinski definition) is 1. The van der Waals surface area contributed by atoms with E-state index in [9.17, 15) is 25.0 Å². The summed E-state index contributed by atoms with van der Waals surface area (Å²) in [6.45, 7) is 5.53. The molecule has 2 N–H and O–H groups in total. The Morgan fingerprint density at radius 3 is 1.84 bits per heavy atom. The second kappa shape index (κ2) is 5.77. The quantitative estimate of drug-likeness (QED) is 0.424. The van der Waals surface area contributed by atoms with Gasteiger partial charge in [0, 0.05) is 56.0 Å². The van der Waals surface area contributed by atoms with Crippen molar-refractivity contribution in [2.24, 2.45) is 5.73 Å². The Kier molecular flexibility index (Phi) is 5.16. The third-order valence-corrected chi connectivity index (χ3v) is 2.78. The van der Waals surface area contributed by atoms with Gasteiger partial charge in [-0.2, -0.15) is 0 Å². The lowest BCUT2D eigenvalue weighted by Crippen LogP contribution is -2.34. The monoisotopic (exact) mass is 273 g/mol. The standard InChI is InChI=1S/C11H19N3O5/c1-10(2,13(16)17)6-5-8(9(12)15)7-11(3,4)14(18)19/h5H,6-7H2,1-4H3,(H2,12,15). The van der Waals surface area contributed by atoms with Crippen molar-refractivity contribution in [3.63, 3.8) is 0 Å². The van der Waals surface area contributed by atoms with Crippen molar-refractivity contribution in [3.8, 4) is 0 Å². The molecule has 108 valence electrons. The molecular weight excluding hydrogens is 254 g/mol. The minimum atomic E-state index is -1.35. The summed E-state index contributed by atoms with van der Waals surface area (Å²) >= 11 is 0. The fourth-order valence-corrected chi connectivity index (χ4v) is 1.24. The van der Waals surface area contributed by atoms with E-state index < -0.39 is 26.8 Å². The van der Waals surface area contributed by atoms with Crippen LogP contribution in [0.3, 0.4) is 0 Å². The van der Waals surface area contributed by atoms with Gasteiger partial charge in [-0.05, 0) is 0 Å². The fraction of sp³-hybridized carbons (Fsp3) is 0.727. The molecule has 0 heterocycles. The molecule has 8 heteroatoms.